The first-order valence-corrected chi connectivity index (χ1v) is 12.7. The molecule has 2 atom stereocenters. The lowest BCUT2D eigenvalue weighted by Crippen LogP contribution is -2.46. The molecular formula is C27H34FN5O4. The van der Waals surface area contributed by atoms with Crippen LogP contribution in [0.4, 0.5) is 9.18 Å². The van der Waals surface area contributed by atoms with E-state index in [1.165, 1.54) is 12.0 Å². The van der Waals surface area contributed by atoms with Crippen LogP contribution >= 0.6 is 0 Å². The number of aryl methyl sites for hydroxylation is 1. The summed E-state index contributed by atoms with van der Waals surface area (Å²) < 4.78 is 28.0. The molecule has 2 aromatic heterocycles. The number of fused-ring (bicyclic) bond motifs is 1. The van der Waals surface area contributed by atoms with E-state index >= 15 is 4.39 Å². The monoisotopic (exact) mass is 511 g/mol. The second-order valence-electron chi connectivity index (χ2n) is 11.1. The summed E-state index contributed by atoms with van der Waals surface area (Å²) in [5.74, 6) is 0.357. The molecule has 1 saturated carbocycles. The lowest BCUT2D eigenvalue weighted by molar-refractivity contribution is 0.0111. The number of benzene rings is 1. The van der Waals surface area contributed by atoms with Crippen LogP contribution in [-0.4, -0.2) is 73.9 Å². The smallest absolute Gasteiger partial charge is 0.410 e. The number of hydrogen-bond acceptors (Lipinski definition) is 7. The van der Waals surface area contributed by atoms with Crippen LogP contribution in [0.2, 0.25) is 0 Å². The van der Waals surface area contributed by atoms with Crippen molar-refractivity contribution in [1.82, 2.24) is 24.6 Å². The molecule has 1 N–H and O–H groups in total. The number of rotatable bonds is 4. The normalized spacial score (nSPS) is 24.1. The Labute approximate surface area is 215 Å². The zero-order valence-corrected chi connectivity index (χ0v) is 21.9. The van der Waals surface area contributed by atoms with Crippen molar-refractivity contribution in [1.29, 1.82) is 0 Å². The molecule has 9 nitrogen and oxygen atoms in total. The zero-order chi connectivity index (χ0) is 26.5. The number of alkyl halides is 1. The van der Waals surface area contributed by atoms with Crippen LogP contribution in [0.25, 0.3) is 16.7 Å². The third-order valence-corrected chi connectivity index (χ3v) is 7.19. The van der Waals surface area contributed by atoms with Gasteiger partial charge in [-0.1, -0.05) is 0 Å². The molecular weight excluding hydrogens is 477 g/mol. The fraction of sp³-hybridized carbons (Fsp3) is 0.556. The van der Waals surface area contributed by atoms with Gasteiger partial charge < -0.3 is 19.5 Å². The number of hydrogen-bond donors (Lipinski definition) is 1. The van der Waals surface area contributed by atoms with E-state index in [1.54, 1.807) is 31.6 Å². The molecule has 0 spiro atoms. The van der Waals surface area contributed by atoms with Gasteiger partial charge in [-0.15, -0.1) is 0 Å². The lowest BCUT2D eigenvalue weighted by Gasteiger charge is -2.36. The van der Waals surface area contributed by atoms with Crippen molar-refractivity contribution in [3.63, 3.8) is 0 Å². The minimum absolute atomic E-state index is 0.00394. The average Bonchev–Trinajstić information content (AvgIpc) is 3.22. The summed E-state index contributed by atoms with van der Waals surface area (Å²) >= 11 is 0. The van der Waals surface area contributed by atoms with Crippen LogP contribution in [-0.2, 0) is 4.74 Å². The molecule has 2 unspecified atom stereocenters. The number of carbonyl (C=O) groups is 1. The van der Waals surface area contributed by atoms with E-state index in [1.807, 2.05) is 25.1 Å². The fourth-order valence-corrected chi connectivity index (χ4v) is 5.20. The van der Waals surface area contributed by atoms with Gasteiger partial charge in [0.25, 0.3) is 0 Å². The number of aliphatic hydroxyl groups excluding tert-OH is 1. The van der Waals surface area contributed by atoms with Gasteiger partial charge in [0.1, 0.15) is 11.8 Å². The molecule has 0 bridgehead atoms. The van der Waals surface area contributed by atoms with E-state index in [0.717, 1.165) is 27.7 Å². The zero-order valence-electron chi connectivity index (χ0n) is 21.9. The van der Waals surface area contributed by atoms with Crippen molar-refractivity contribution in [2.75, 3.05) is 20.2 Å². The van der Waals surface area contributed by atoms with Crippen LogP contribution in [0.1, 0.15) is 68.7 Å². The van der Waals surface area contributed by atoms with E-state index in [4.69, 9.17) is 9.47 Å². The Hall–Kier alpha value is -3.27. The van der Waals surface area contributed by atoms with Gasteiger partial charge in [-0.3, -0.25) is 0 Å². The maximum atomic E-state index is 15.5. The Balaban J connectivity index is 1.44. The maximum absolute atomic E-state index is 15.5. The molecule has 2 fully saturated rings. The average molecular weight is 512 g/mol. The Kier molecular flexibility index (Phi) is 6.55. The molecule has 37 heavy (non-hydrogen) atoms. The third kappa shape index (κ3) is 5.12. The highest BCUT2D eigenvalue weighted by Gasteiger charge is 2.35. The maximum Gasteiger partial charge on any atom is 0.410 e. The quantitative estimate of drug-likeness (QED) is 0.553. The van der Waals surface area contributed by atoms with Gasteiger partial charge in [-0.05, 0) is 70.2 Å². The number of methoxy groups -OCH3 is 1. The fourth-order valence-electron chi connectivity index (χ4n) is 5.20. The van der Waals surface area contributed by atoms with Crippen molar-refractivity contribution in [2.45, 2.75) is 76.7 Å². The first-order valence-electron chi connectivity index (χ1n) is 12.7. The number of carbonyl (C=O) groups excluding carboxylic acids is 1. The van der Waals surface area contributed by atoms with Crippen molar-refractivity contribution >= 4 is 17.0 Å². The lowest BCUT2D eigenvalue weighted by atomic mass is 9.80. The molecule has 2 aliphatic rings. The summed E-state index contributed by atoms with van der Waals surface area (Å²) in [7, 11) is 1.52. The van der Waals surface area contributed by atoms with Crippen LogP contribution in [0.5, 0.6) is 6.01 Å². The number of aliphatic hydroxyl groups is 1. The van der Waals surface area contributed by atoms with Gasteiger partial charge in [-0.2, -0.15) is 15.1 Å². The summed E-state index contributed by atoms with van der Waals surface area (Å²) in [5, 5.41) is 15.2. The molecule has 1 amide bonds. The summed E-state index contributed by atoms with van der Waals surface area (Å²) in [4.78, 5) is 22.9. The molecule has 10 heteroatoms. The minimum Gasteiger partial charge on any atom is -0.467 e. The van der Waals surface area contributed by atoms with Gasteiger partial charge in [0, 0.05) is 29.8 Å². The summed E-state index contributed by atoms with van der Waals surface area (Å²) in [6, 6.07) is 6.12. The van der Waals surface area contributed by atoms with Gasteiger partial charge >= 0.3 is 12.1 Å². The minimum atomic E-state index is -1.22. The molecule has 198 valence electrons. The second kappa shape index (κ2) is 9.55. The first kappa shape index (κ1) is 25.4. The van der Waals surface area contributed by atoms with Crippen LogP contribution in [0.15, 0.2) is 24.4 Å². The predicted octanol–water partition coefficient (Wildman–Crippen LogP) is 4.43. The number of ether oxygens (including phenoxy) is 2. The summed E-state index contributed by atoms with van der Waals surface area (Å²) in [5.41, 5.74) is 2.87. The van der Waals surface area contributed by atoms with E-state index in [0.29, 0.717) is 31.6 Å². The van der Waals surface area contributed by atoms with Gasteiger partial charge in [-0.25, -0.2) is 13.9 Å². The van der Waals surface area contributed by atoms with E-state index < -0.39 is 17.9 Å². The Bertz CT molecular complexity index is 1310. The molecule has 1 aliphatic carbocycles. The number of aromatic nitrogens is 4. The number of piperidine rings is 1. The first-order chi connectivity index (χ1) is 17.5. The number of nitrogens with zero attached hydrogens (tertiary/aromatic N) is 5. The van der Waals surface area contributed by atoms with Gasteiger partial charge in [0.05, 0.1) is 37.2 Å². The molecule has 1 saturated heterocycles. The van der Waals surface area contributed by atoms with Crippen molar-refractivity contribution in [2.24, 2.45) is 0 Å². The number of amides is 1. The van der Waals surface area contributed by atoms with Gasteiger partial charge in [0.15, 0.2) is 5.82 Å². The Morgan fingerprint density at radius 3 is 2.59 bits per heavy atom. The Morgan fingerprint density at radius 1 is 1.19 bits per heavy atom. The van der Waals surface area contributed by atoms with E-state index in [2.05, 4.69) is 15.1 Å². The third-order valence-electron chi connectivity index (χ3n) is 7.19. The molecule has 0 radical (unpaired) electrons. The summed E-state index contributed by atoms with van der Waals surface area (Å²) in [6.45, 7) is 7.81. The molecule has 3 aromatic rings. The topological polar surface area (TPSA) is 103 Å². The van der Waals surface area contributed by atoms with Crippen molar-refractivity contribution in [3.8, 4) is 11.8 Å². The molecule has 5 rings (SSSR count). The number of halogens is 1. The number of likely N-dealkylation sites (tertiary alicyclic amines) is 1. The van der Waals surface area contributed by atoms with Crippen LogP contribution in [0, 0.1) is 6.92 Å². The summed E-state index contributed by atoms with van der Waals surface area (Å²) in [6.07, 6.45) is 1.57. The highest BCUT2D eigenvalue weighted by molar-refractivity contribution is 5.82. The standard InChI is InChI=1S/C27H34FN5O4/c1-15-8-17-13-29-33(24-12-22(16-9-18(34)10-16)30-25(31-24)36-5)23(17)11-20(15)19-6-7-32(14-21(19)28)26(35)37-27(2,3)4/h8,11-13,16,18-19,21,34H,6-7,9-10,14H2,1-5H3. The molecule has 3 heterocycles. The van der Waals surface area contributed by atoms with Gasteiger partial charge in [0.2, 0.25) is 0 Å². The molecule has 1 aromatic carbocycles. The molecule has 1 aliphatic heterocycles. The SMILES string of the molecule is COc1nc(C2CC(O)C2)cc(-n2ncc3cc(C)c(C4CCN(C(=O)OC(C)(C)C)CC4F)cc32)n1. The van der Waals surface area contributed by atoms with E-state index in [-0.39, 0.29) is 30.5 Å². The van der Waals surface area contributed by atoms with Crippen LogP contribution < -0.4 is 4.74 Å². The highest BCUT2D eigenvalue weighted by atomic mass is 19.1. The Morgan fingerprint density at radius 2 is 1.95 bits per heavy atom. The second-order valence-corrected chi connectivity index (χ2v) is 11.1. The van der Waals surface area contributed by atoms with Crippen LogP contribution in [0.3, 0.4) is 0 Å². The largest absolute Gasteiger partial charge is 0.467 e. The van der Waals surface area contributed by atoms with Crippen molar-refractivity contribution < 1.29 is 23.8 Å². The predicted molar refractivity (Wildman–Crippen MR) is 136 cm³/mol. The highest BCUT2D eigenvalue weighted by Crippen LogP contribution is 2.38. The van der Waals surface area contributed by atoms with E-state index in [9.17, 15) is 9.90 Å². The van der Waals surface area contributed by atoms with Crippen molar-refractivity contribution in [3.05, 3.63) is 41.2 Å².